The summed E-state index contributed by atoms with van der Waals surface area (Å²) in [5.41, 5.74) is 4.46. The lowest BCUT2D eigenvalue weighted by Gasteiger charge is -2.17. The average Bonchev–Trinajstić information content (AvgIpc) is 3.43. The van der Waals surface area contributed by atoms with Gasteiger partial charge in [-0.05, 0) is 49.6 Å². The number of nitrogens with one attached hydrogen (secondary N) is 1. The monoisotopic (exact) mass is 490 g/mol. The zero-order valence-electron chi connectivity index (χ0n) is 20.1. The predicted octanol–water partition coefficient (Wildman–Crippen LogP) is 5.17. The van der Waals surface area contributed by atoms with Gasteiger partial charge in [0.15, 0.2) is 0 Å². The maximum absolute atomic E-state index is 12.8. The van der Waals surface area contributed by atoms with Crippen molar-refractivity contribution in [3.05, 3.63) is 88.3 Å². The number of aromatic nitrogens is 5. The number of pyridine rings is 1. The van der Waals surface area contributed by atoms with Crippen LogP contribution in [0.1, 0.15) is 48.3 Å². The third-order valence-corrected chi connectivity index (χ3v) is 6.10. The normalized spacial score (nSPS) is 12.4. The van der Waals surface area contributed by atoms with Gasteiger partial charge in [0.05, 0.1) is 12.2 Å². The van der Waals surface area contributed by atoms with Crippen LogP contribution in [-0.4, -0.2) is 30.8 Å². The molecular weight excluding hydrogens is 464 g/mol. The molecule has 8 nitrogen and oxygen atoms in total. The smallest absolute Gasteiger partial charge is 0.249 e. The molecule has 3 aromatic heterocycles. The number of rotatable bonds is 8. The Bertz CT molecular complexity index is 1340. The number of hydrogen-bond donors (Lipinski definition) is 1. The molecule has 0 saturated carbocycles. The molecule has 35 heavy (non-hydrogen) atoms. The van der Waals surface area contributed by atoms with E-state index in [9.17, 15) is 4.79 Å². The van der Waals surface area contributed by atoms with Crippen LogP contribution in [0.2, 0.25) is 5.02 Å². The molecule has 1 aromatic carbocycles. The van der Waals surface area contributed by atoms with Crippen molar-refractivity contribution in [3.63, 3.8) is 0 Å². The van der Waals surface area contributed by atoms with Crippen molar-refractivity contribution in [2.75, 3.05) is 0 Å². The summed E-state index contributed by atoms with van der Waals surface area (Å²) in [6.07, 6.45) is 6.62. The Morgan fingerprint density at radius 3 is 2.63 bits per heavy atom. The highest BCUT2D eigenvalue weighted by Gasteiger charge is 2.24. The summed E-state index contributed by atoms with van der Waals surface area (Å²) in [5.74, 6) is 0.591. The third kappa shape index (κ3) is 5.66. The van der Waals surface area contributed by atoms with Crippen LogP contribution in [-0.2, 0) is 11.3 Å². The van der Waals surface area contributed by atoms with Crippen LogP contribution in [0.15, 0.2) is 59.4 Å². The molecule has 1 amide bonds. The Balaban J connectivity index is 1.48. The molecule has 1 unspecified atom stereocenters. The minimum absolute atomic E-state index is 0.0416. The predicted molar refractivity (Wildman–Crippen MR) is 135 cm³/mol. The molecule has 0 aliphatic rings. The van der Waals surface area contributed by atoms with Gasteiger partial charge in [-0.25, -0.2) is 0 Å². The lowest BCUT2D eigenvalue weighted by molar-refractivity contribution is -0.117. The highest BCUT2D eigenvalue weighted by atomic mass is 35.5. The second kappa shape index (κ2) is 10.7. The van der Waals surface area contributed by atoms with Gasteiger partial charge in [-0.2, -0.15) is 10.1 Å². The van der Waals surface area contributed by atoms with E-state index in [2.05, 4.69) is 25.5 Å². The summed E-state index contributed by atoms with van der Waals surface area (Å²) < 4.78 is 7.36. The van der Waals surface area contributed by atoms with Gasteiger partial charge in [0.2, 0.25) is 17.6 Å². The molecule has 4 rings (SSSR count). The first-order valence-electron chi connectivity index (χ1n) is 11.3. The fraction of sp³-hybridized carbons (Fsp3) is 0.269. The molecule has 0 saturated heterocycles. The minimum atomic E-state index is -0.430. The molecule has 0 aliphatic carbocycles. The zero-order valence-corrected chi connectivity index (χ0v) is 20.8. The molecule has 180 valence electrons. The van der Waals surface area contributed by atoms with Crippen LogP contribution in [0.25, 0.3) is 17.5 Å². The van der Waals surface area contributed by atoms with E-state index in [0.29, 0.717) is 23.3 Å². The van der Waals surface area contributed by atoms with Crippen LogP contribution in [0.5, 0.6) is 0 Å². The van der Waals surface area contributed by atoms with Crippen LogP contribution in [0, 0.1) is 19.8 Å². The molecule has 3 heterocycles. The lowest BCUT2D eigenvalue weighted by Crippen LogP contribution is -2.30. The molecular formula is C26H27ClN6O2. The second-order valence-corrected chi connectivity index (χ2v) is 9.00. The quantitative estimate of drug-likeness (QED) is 0.342. The van der Waals surface area contributed by atoms with Crippen LogP contribution < -0.4 is 5.32 Å². The van der Waals surface area contributed by atoms with Gasteiger partial charge >= 0.3 is 0 Å². The number of benzene rings is 1. The number of carbonyl (C=O) groups excluding carboxylic acids is 1. The summed E-state index contributed by atoms with van der Waals surface area (Å²) in [7, 11) is 0. The maximum Gasteiger partial charge on any atom is 0.249 e. The topological polar surface area (TPSA) is 98.7 Å². The fourth-order valence-electron chi connectivity index (χ4n) is 3.75. The third-order valence-electron chi connectivity index (χ3n) is 5.73. The minimum Gasteiger partial charge on any atom is -0.340 e. The van der Waals surface area contributed by atoms with E-state index >= 15 is 0 Å². The Hall–Kier alpha value is -3.78. The van der Waals surface area contributed by atoms with E-state index in [0.717, 1.165) is 28.1 Å². The highest BCUT2D eigenvalue weighted by Crippen LogP contribution is 2.24. The van der Waals surface area contributed by atoms with Gasteiger partial charge in [-0.3, -0.25) is 14.5 Å². The molecule has 4 aromatic rings. The van der Waals surface area contributed by atoms with Gasteiger partial charge in [0, 0.05) is 40.3 Å². The van der Waals surface area contributed by atoms with E-state index < -0.39 is 6.04 Å². The zero-order chi connectivity index (χ0) is 24.9. The van der Waals surface area contributed by atoms with Gasteiger partial charge in [0.1, 0.15) is 6.04 Å². The summed E-state index contributed by atoms with van der Waals surface area (Å²) in [6.45, 7) is 8.42. The Morgan fingerprint density at radius 1 is 1.17 bits per heavy atom. The number of nitrogens with zero attached hydrogens (tertiary/aromatic N) is 5. The first-order valence-corrected chi connectivity index (χ1v) is 11.7. The van der Waals surface area contributed by atoms with Crippen LogP contribution in [0.3, 0.4) is 0 Å². The Morgan fingerprint density at radius 2 is 1.91 bits per heavy atom. The van der Waals surface area contributed by atoms with Gasteiger partial charge in [-0.15, -0.1) is 0 Å². The molecule has 1 N–H and O–H groups in total. The number of hydrogen-bond acceptors (Lipinski definition) is 6. The van der Waals surface area contributed by atoms with Crippen molar-refractivity contribution in [2.24, 2.45) is 5.92 Å². The number of carbonyl (C=O) groups is 1. The van der Waals surface area contributed by atoms with Crippen molar-refractivity contribution in [1.82, 2.24) is 30.2 Å². The molecule has 1 atom stereocenters. The largest absolute Gasteiger partial charge is 0.340 e. The van der Waals surface area contributed by atoms with Crippen molar-refractivity contribution in [3.8, 4) is 11.4 Å². The average molecular weight is 491 g/mol. The summed E-state index contributed by atoms with van der Waals surface area (Å²) >= 11 is 6.31. The first kappa shape index (κ1) is 24.3. The van der Waals surface area contributed by atoms with Crippen molar-refractivity contribution < 1.29 is 9.32 Å². The molecule has 0 spiro atoms. The van der Waals surface area contributed by atoms with Crippen molar-refractivity contribution in [1.29, 1.82) is 0 Å². The second-order valence-electron chi connectivity index (χ2n) is 8.59. The lowest BCUT2D eigenvalue weighted by atomic mass is 10.0. The summed E-state index contributed by atoms with van der Waals surface area (Å²) in [6, 6.07) is 10.9. The molecule has 0 aliphatic heterocycles. The molecule has 0 fully saturated rings. The highest BCUT2D eigenvalue weighted by molar-refractivity contribution is 6.31. The summed E-state index contributed by atoms with van der Waals surface area (Å²) in [5, 5.41) is 12.4. The van der Waals surface area contributed by atoms with Crippen LogP contribution in [0.4, 0.5) is 0 Å². The van der Waals surface area contributed by atoms with E-state index in [1.807, 2.05) is 56.6 Å². The number of amides is 1. The van der Waals surface area contributed by atoms with E-state index in [-0.39, 0.29) is 11.8 Å². The maximum atomic E-state index is 12.8. The van der Waals surface area contributed by atoms with Crippen LogP contribution >= 0.6 is 11.6 Å². The van der Waals surface area contributed by atoms with Gasteiger partial charge in [-0.1, -0.05) is 48.8 Å². The molecule has 0 radical (unpaired) electrons. The number of aryl methyl sites for hydroxylation is 1. The Kier molecular flexibility index (Phi) is 7.41. The first-order chi connectivity index (χ1) is 16.8. The Labute approximate surface area is 209 Å². The van der Waals surface area contributed by atoms with Gasteiger partial charge in [0.25, 0.3) is 0 Å². The summed E-state index contributed by atoms with van der Waals surface area (Å²) in [4.78, 5) is 21.3. The fourth-order valence-corrected chi connectivity index (χ4v) is 3.94. The van der Waals surface area contributed by atoms with E-state index in [1.165, 1.54) is 6.08 Å². The molecule has 9 heteroatoms. The van der Waals surface area contributed by atoms with Crippen molar-refractivity contribution >= 4 is 23.6 Å². The molecule has 0 bridgehead atoms. The standard InChI is InChI=1S/C26H27ClN6O2/c1-16(2)24(26-30-25(32-35-26)19-11-13-28-14-12-19)29-23(34)10-9-21-17(3)31-33(18(21)4)15-20-7-5-6-8-22(20)27/h5-14,16,24H,15H2,1-4H3,(H,29,34)/b10-9+. The van der Waals surface area contributed by atoms with Gasteiger partial charge < -0.3 is 9.84 Å². The number of halogens is 1. The van der Waals surface area contributed by atoms with Crippen molar-refractivity contribution in [2.45, 2.75) is 40.3 Å². The van der Waals surface area contributed by atoms with E-state index in [4.69, 9.17) is 16.1 Å². The SMILES string of the molecule is Cc1nn(Cc2ccccc2Cl)c(C)c1/C=C/C(=O)NC(c1nc(-c2ccncc2)no1)C(C)C. The van der Waals surface area contributed by atoms with E-state index in [1.54, 1.807) is 30.6 Å².